The Bertz CT molecular complexity index is 1120. The van der Waals surface area contributed by atoms with E-state index in [2.05, 4.69) is 29.6 Å². The van der Waals surface area contributed by atoms with Crippen LogP contribution in [-0.2, 0) is 14.3 Å². The van der Waals surface area contributed by atoms with Crippen LogP contribution in [0.25, 0.3) is 11.1 Å². The Hall–Kier alpha value is -3.35. The molecule has 1 saturated heterocycles. The maximum absolute atomic E-state index is 12.7. The van der Waals surface area contributed by atoms with Crippen molar-refractivity contribution in [1.29, 1.82) is 0 Å². The molecule has 1 heterocycles. The predicted molar refractivity (Wildman–Crippen MR) is 119 cm³/mol. The van der Waals surface area contributed by atoms with Crippen LogP contribution in [-0.4, -0.2) is 54.2 Å². The zero-order valence-corrected chi connectivity index (χ0v) is 18.2. The van der Waals surface area contributed by atoms with Crippen molar-refractivity contribution in [3.63, 3.8) is 0 Å². The number of likely N-dealkylation sites (tertiary alicyclic amines) is 1. The van der Waals surface area contributed by atoms with Gasteiger partial charge in [-0.2, -0.15) is 0 Å². The average Bonchev–Trinajstić information content (AvgIpc) is 3.69. The Kier molecular flexibility index (Phi) is 4.50. The van der Waals surface area contributed by atoms with Gasteiger partial charge in [-0.25, -0.2) is 4.79 Å². The molecule has 2 amide bonds. The molecule has 0 spiro atoms. The van der Waals surface area contributed by atoms with Crippen molar-refractivity contribution < 1.29 is 24.2 Å². The van der Waals surface area contributed by atoms with Crippen LogP contribution in [0.5, 0.6) is 0 Å². The first-order chi connectivity index (χ1) is 16.0. The molecule has 7 nitrogen and oxygen atoms in total. The van der Waals surface area contributed by atoms with Crippen LogP contribution < -0.4 is 5.32 Å². The first-order valence-corrected chi connectivity index (χ1v) is 11.6. The molecule has 2 aromatic rings. The summed E-state index contributed by atoms with van der Waals surface area (Å²) in [7, 11) is 0. The first kappa shape index (κ1) is 20.3. The second-order valence-electron chi connectivity index (χ2n) is 9.89. The topological polar surface area (TPSA) is 95.9 Å². The first-order valence-electron chi connectivity index (χ1n) is 11.6. The molecule has 4 unspecified atom stereocenters. The summed E-state index contributed by atoms with van der Waals surface area (Å²) in [6, 6.07) is 16.4. The third-order valence-corrected chi connectivity index (χ3v) is 7.98. The second kappa shape index (κ2) is 7.33. The molecule has 0 aromatic heterocycles. The van der Waals surface area contributed by atoms with Crippen LogP contribution >= 0.6 is 0 Å². The van der Waals surface area contributed by atoms with Crippen molar-refractivity contribution in [2.24, 2.45) is 23.2 Å². The maximum atomic E-state index is 12.7. The molecule has 4 aliphatic rings. The average molecular weight is 447 g/mol. The highest BCUT2D eigenvalue weighted by atomic mass is 16.5. The van der Waals surface area contributed by atoms with E-state index in [1.165, 1.54) is 22.3 Å². The van der Waals surface area contributed by atoms with Gasteiger partial charge in [0, 0.05) is 31.5 Å². The van der Waals surface area contributed by atoms with E-state index in [-0.39, 0.29) is 36.2 Å². The number of ether oxygens (including phenoxy) is 1. The molecule has 0 bridgehead atoms. The lowest BCUT2D eigenvalue weighted by Crippen LogP contribution is -2.36. The summed E-state index contributed by atoms with van der Waals surface area (Å²) >= 11 is 0. The molecule has 2 N–H and O–H groups in total. The molecular formula is C26H26N2O5. The molecule has 0 radical (unpaired) electrons. The molecule has 6 rings (SSSR count). The highest BCUT2D eigenvalue weighted by molar-refractivity contribution is 5.86. The highest BCUT2D eigenvalue weighted by Crippen LogP contribution is 2.58. The number of aliphatic carboxylic acids is 1. The van der Waals surface area contributed by atoms with Crippen LogP contribution in [0, 0.1) is 23.2 Å². The van der Waals surface area contributed by atoms with Crippen LogP contribution in [0.2, 0.25) is 0 Å². The number of hydrogen-bond donors (Lipinski definition) is 2. The number of carboxylic acid groups (broad SMARTS) is 1. The monoisotopic (exact) mass is 446 g/mol. The summed E-state index contributed by atoms with van der Waals surface area (Å²) in [6.07, 6.45) is 0.940. The number of carboxylic acids is 1. The molecule has 3 aliphatic carbocycles. The van der Waals surface area contributed by atoms with Gasteiger partial charge in [-0.15, -0.1) is 0 Å². The van der Waals surface area contributed by atoms with Gasteiger partial charge in [-0.1, -0.05) is 48.5 Å². The minimum Gasteiger partial charge on any atom is -0.481 e. The Morgan fingerprint density at radius 1 is 1.06 bits per heavy atom. The van der Waals surface area contributed by atoms with E-state index in [9.17, 15) is 19.5 Å². The van der Waals surface area contributed by atoms with Crippen molar-refractivity contribution in [3.05, 3.63) is 59.7 Å². The summed E-state index contributed by atoms with van der Waals surface area (Å²) in [6.45, 7) is 1.54. The van der Waals surface area contributed by atoms with E-state index in [4.69, 9.17) is 4.74 Å². The normalized spacial score (nSPS) is 28.5. The van der Waals surface area contributed by atoms with Crippen molar-refractivity contribution >= 4 is 18.0 Å². The van der Waals surface area contributed by atoms with Crippen LogP contribution in [0.4, 0.5) is 4.79 Å². The lowest BCUT2D eigenvalue weighted by atomic mass is 9.98. The Morgan fingerprint density at radius 3 is 2.36 bits per heavy atom. The van der Waals surface area contributed by atoms with Crippen molar-refractivity contribution in [3.8, 4) is 11.1 Å². The molecule has 2 saturated carbocycles. The second-order valence-corrected chi connectivity index (χ2v) is 9.89. The van der Waals surface area contributed by atoms with Crippen LogP contribution in [0.15, 0.2) is 48.5 Å². The zero-order valence-electron chi connectivity index (χ0n) is 18.2. The minimum absolute atomic E-state index is 0.0153. The number of piperidine rings is 1. The number of carbonyl (C=O) groups is 3. The van der Waals surface area contributed by atoms with E-state index < -0.39 is 17.5 Å². The Morgan fingerprint density at radius 2 is 1.73 bits per heavy atom. The fourth-order valence-corrected chi connectivity index (χ4v) is 5.86. The van der Waals surface area contributed by atoms with Gasteiger partial charge in [-0.05, 0) is 46.9 Å². The lowest BCUT2D eigenvalue weighted by Gasteiger charge is -2.19. The fraction of sp³-hybridized carbons (Fsp3) is 0.423. The standard InChI is InChI=1S/C26H26N2O5/c29-23(28-12-16-10-26(16,14-28)24(30)31)21-9-15(21)11-27-25(32)33-13-22-19-7-3-1-5-17(19)18-6-2-4-8-20(18)22/h1-8,15-16,21-22H,9-14H2,(H,27,32)(H,30,31). The molecule has 33 heavy (non-hydrogen) atoms. The van der Waals surface area contributed by atoms with Gasteiger partial charge in [0.05, 0.1) is 5.41 Å². The van der Waals surface area contributed by atoms with E-state index in [0.29, 0.717) is 26.1 Å². The number of benzene rings is 2. The van der Waals surface area contributed by atoms with Gasteiger partial charge in [0.25, 0.3) is 0 Å². The molecule has 7 heteroatoms. The van der Waals surface area contributed by atoms with Gasteiger partial charge in [0.15, 0.2) is 0 Å². The third kappa shape index (κ3) is 3.29. The molecule has 2 aromatic carbocycles. The number of carbonyl (C=O) groups excluding carboxylic acids is 2. The van der Waals surface area contributed by atoms with Gasteiger partial charge < -0.3 is 20.1 Å². The number of hydrogen-bond acceptors (Lipinski definition) is 4. The summed E-state index contributed by atoms with van der Waals surface area (Å²) in [5.41, 5.74) is 4.01. The number of nitrogens with zero attached hydrogens (tertiary/aromatic N) is 1. The van der Waals surface area contributed by atoms with E-state index in [1.807, 2.05) is 24.3 Å². The van der Waals surface area contributed by atoms with Crippen LogP contribution in [0.3, 0.4) is 0 Å². The fourth-order valence-electron chi connectivity index (χ4n) is 5.86. The van der Waals surface area contributed by atoms with Gasteiger partial charge in [-0.3, -0.25) is 9.59 Å². The number of amides is 2. The summed E-state index contributed by atoms with van der Waals surface area (Å²) in [4.78, 5) is 38.2. The molecular weight excluding hydrogens is 420 g/mol. The summed E-state index contributed by atoms with van der Waals surface area (Å²) in [5, 5.41) is 12.2. The quantitative estimate of drug-likeness (QED) is 0.711. The van der Waals surface area contributed by atoms with E-state index in [1.54, 1.807) is 4.90 Å². The smallest absolute Gasteiger partial charge is 0.407 e. The largest absolute Gasteiger partial charge is 0.481 e. The predicted octanol–water partition coefficient (Wildman–Crippen LogP) is 3.09. The van der Waals surface area contributed by atoms with Crippen molar-refractivity contribution in [1.82, 2.24) is 10.2 Å². The minimum atomic E-state index is -0.785. The Balaban J connectivity index is 0.994. The number of alkyl carbamates (subject to hydrolysis) is 1. The van der Waals surface area contributed by atoms with Gasteiger partial charge in [0.2, 0.25) is 5.91 Å². The highest BCUT2D eigenvalue weighted by Gasteiger charge is 2.67. The maximum Gasteiger partial charge on any atom is 0.407 e. The number of fused-ring (bicyclic) bond motifs is 4. The molecule has 170 valence electrons. The molecule has 4 atom stereocenters. The number of rotatable bonds is 6. The Labute approximate surface area is 191 Å². The molecule has 3 fully saturated rings. The lowest BCUT2D eigenvalue weighted by molar-refractivity contribution is -0.144. The van der Waals surface area contributed by atoms with Gasteiger partial charge >= 0.3 is 12.1 Å². The van der Waals surface area contributed by atoms with E-state index >= 15 is 0 Å². The number of nitrogens with one attached hydrogen (secondary N) is 1. The van der Waals surface area contributed by atoms with Crippen molar-refractivity contribution in [2.45, 2.75) is 18.8 Å². The van der Waals surface area contributed by atoms with Crippen LogP contribution in [0.1, 0.15) is 29.9 Å². The summed E-state index contributed by atoms with van der Waals surface area (Å²) in [5.74, 6) is -0.663. The zero-order chi connectivity index (χ0) is 22.7. The van der Waals surface area contributed by atoms with Crippen molar-refractivity contribution in [2.75, 3.05) is 26.2 Å². The SMILES string of the molecule is O=C(NCC1CC1C(=O)N1CC2CC2(C(=O)O)C1)OCC1c2ccccc2-c2ccccc21. The third-order valence-electron chi connectivity index (χ3n) is 7.98. The van der Waals surface area contributed by atoms with E-state index in [0.717, 1.165) is 6.42 Å². The van der Waals surface area contributed by atoms with Gasteiger partial charge in [0.1, 0.15) is 6.61 Å². The molecule has 1 aliphatic heterocycles. The summed E-state index contributed by atoms with van der Waals surface area (Å²) < 4.78 is 5.56.